The molecule has 0 radical (unpaired) electrons. The molecule has 4 heterocycles. The van der Waals surface area contributed by atoms with Gasteiger partial charge in [-0.25, -0.2) is 15.0 Å². The number of nitrogens with zero attached hydrogens (tertiary/aromatic N) is 4. The number of hydrogen-bond donors (Lipinski definition) is 0. The van der Waals surface area contributed by atoms with E-state index >= 15 is 0 Å². The molecule has 4 aromatic heterocycles. The van der Waals surface area contributed by atoms with Crippen LogP contribution in [0.3, 0.4) is 0 Å². The van der Waals surface area contributed by atoms with E-state index in [4.69, 9.17) is 4.42 Å². The zero-order valence-corrected chi connectivity index (χ0v) is 12.0. The lowest BCUT2D eigenvalue weighted by Gasteiger charge is -2.02. The van der Waals surface area contributed by atoms with E-state index < -0.39 is 0 Å². The average Bonchev–Trinajstić information content (AvgIpc) is 2.99. The molecule has 0 amide bonds. The van der Waals surface area contributed by atoms with Crippen LogP contribution < -0.4 is 0 Å². The van der Waals surface area contributed by atoms with Gasteiger partial charge in [0.1, 0.15) is 11.8 Å². The lowest BCUT2D eigenvalue weighted by atomic mass is 10.1. The summed E-state index contributed by atoms with van der Waals surface area (Å²) >= 11 is 0. The van der Waals surface area contributed by atoms with E-state index in [1.54, 1.807) is 6.20 Å². The van der Waals surface area contributed by atoms with Crippen molar-refractivity contribution in [1.29, 1.82) is 0 Å². The molecule has 5 nitrogen and oxygen atoms in total. The van der Waals surface area contributed by atoms with E-state index in [0.29, 0.717) is 11.3 Å². The van der Waals surface area contributed by atoms with Gasteiger partial charge in [-0.3, -0.25) is 4.98 Å². The number of pyridine rings is 2. The quantitative estimate of drug-likeness (QED) is 0.468. The highest BCUT2D eigenvalue weighted by molar-refractivity contribution is 6.01. The maximum atomic E-state index is 5.74. The minimum atomic E-state index is 0.549. The predicted molar refractivity (Wildman–Crippen MR) is 87.8 cm³/mol. The summed E-state index contributed by atoms with van der Waals surface area (Å²) in [4.78, 5) is 17.3. The third kappa shape index (κ3) is 1.87. The van der Waals surface area contributed by atoms with Crippen molar-refractivity contribution in [2.45, 2.75) is 0 Å². The highest BCUT2D eigenvalue weighted by Gasteiger charge is 2.11. The number of benzene rings is 1. The van der Waals surface area contributed by atoms with Gasteiger partial charge in [0.05, 0.1) is 23.0 Å². The van der Waals surface area contributed by atoms with Crippen molar-refractivity contribution < 1.29 is 4.42 Å². The van der Waals surface area contributed by atoms with Crippen molar-refractivity contribution in [3.63, 3.8) is 0 Å². The van der Waals surface area contributed by atoms with E-state index in [-0.39, 0.29) is 0 Å². The molecular weight excluding hydrogens is 288 g/mol. The molecule has 0 bridgehead atoms. The normalized spacial score (nSPS) is 11.5. The smallest absolute Gasteiger partial charge is 0.229 e. The molecule has 0 fully saturated rings. The lowest BCUT2D eigenvalue weighted by molar-refractivity contribution is 0.651. The molecule has 0 aliphatic rings. The predicted octanol–water partition coefficient (Wildman–Crippen LogP) is 3.99. The molecular formula is C18H10N4O. The molecule has 108 valence electrons. The summed E-state index contributed by atoms with van der Waals surface area (Å²) in [5.41, 5.74) is 3.56. The summed E-state index contributed by atoms with van der Waals surface area (Å²) in [5.74, 6) is 0. The first kappa shape index (κ1) is 12.2. The van der Waals surface area contributed by atoms with Crippen LogP contribution in [-0.4, -0.2) is 19.9 Å². The van der Waals surface area contributed by atoms with Gasteiger partial charge in [0.15, 0.2) is 5.58 Å². The second-order valence-electron chi connectivity index (χ2n) is 5.30. The Balaban J connectivity index is 1.73. The first-order valence-electron chi connectivity index (χ1n) is 7.23. The molecule has 0 atom stereocenters. The first-order chi connectivity index (χ1) is 11.4. The highest BCUT2D eigenvalue weighted by atomic mass is 16.3. The second-order valence-corrected chi connectivity index (χ2v) is 5.30. The molecule has 1 aromatic carbocycles. The van der Waals surface area contributed by atoms with Crippen LogP contribution in [-0.2, 0) is 0 Å². The first-order valence-corrected chi connectivity index (χ1v) is 7.23. The summed E-state index contributed by atoms with van der Waals surface area (Å²) in [7, 11) is 0. The van der Waals surface area contributed by atoms with Gasteiger partial charge in [0.25, 0.3) is 0 Å². The van der Waals surface area contributed by atoms with Gasteiger partial charge >= 0.3 is 0 Å². The maximum absolute atomic E-state index is 5.74. The zero-order valence-electron chi connectivity index (χ0n) is 12.0. The molecule has 0 aliphatic carbocycles. The van der Waals surface area contributed by atoms with Crippen molar-refractivity contribution in [3.05, 3.63) is 61.2 Å². The molecule has 0 N–H and O–H groups in total. The van der Waals surface area contributed by atoms with Crippen molar-refractivity contribution in [2.24, 2.45) is 0 Å². The molecule has 0 saturated carbocycles. The van der Waals surface area contributed by atoms with Crippen LogP contribution in [0.4, 0.5) is 0 Å². The number of rotatable bonds is 1. The van der Waals surface area contributed by atoms with E-state index in [1.807, 2.05) is 42.6 Å². The van der Waals surface area contributed by atoms with Crippen molar-refractivity contribution in [2.75, 3.05) is 0 Å². The molecule has 0 spiro atoms. The average molecular weight is 298 g/mol. The fraction of sp³-hybridized carbons (Fsp3) is 0. The summed E-state index contributed by atoms with van der Waals surface area (Å²) in [6.45, 7) is 0. The van der Waals surface area contributed by atoms with E-state index in [0.717, 1.165) is 33.1 Å². The number of furan rings is 1. The van der Waals surface area contributed by atoms with Crippen LogP contribution in [0.1, 0.15) is 0 Å². The van der Waals surface area contributed by atoms with Gasteiger partial charge < -0.3 is 4.42 Å². The zero-order chi connectivity index (χ0) is 15.2. The topological polar surface area (TPSA) is 64.7 Å². The third-order valence-electron chi connectivity index (χ3n) is 3.89. The molecule has 0 aliphatic heterocycles. The molecule has 5 heteroatoms. The minimum Gasteiger partial charge on any atom is -0.434 e. The van der Waals surface area contributed by atoms with Gasteiger partial charge in [-0.05, 0) is 23.6 Å². The van der Waals surface area contributed by atoms with Crippen LogP contribution in [0.25, 0.3) is 44.4 Å². The Hall–Kier alpha value is -3.34. The van der Waals surface area contributed by atoms with Crippen LogP contribution >= 0.6 is 0 Å². The van der Waals surface area contributed by atoms with Gasteiger partial charge in [-0.2, -0.15) is 0 Å². The van der Waals surface area contributed by atoms with Crippen LogP contribution in [0.5, 0.6) is 0 Å². The summed E-state index contributed by atoms with van der Waals surface area (Å²) < 4.78 is 5.74. The highest BCUT2D eigenvalue weighted by Crippen LogP contribution is 2.28. The molecule has 5 aromatic rings. The van der Waals surface area contributed by atoms with Crippen LogP contribution in [0, 0.1) is 0 Å². The minimum absolute atomic E-state index is 0.549. The Labute approximate surface area is 130 Å². The second kappa shape index (κ2) is 4.58. The Bertz CT molecular complexity index is 1180. The van der Waals surface area contributed by atoms with Crippen molar-refractivity contribution in [3.8, 4) is 11.4 Å². The molecule has 0 saturated heterocycles. The fourth-order valence-electron chi connectivity index (χ4n) is 2.76. The van der Waals surface area contributed by atoms with Gasteiger partial charge in [-0.1, -0.05) is 24.3 Å². The van der Waals surface area contributed by atoms with Crippen molar-refractivity contribution >= 4 is 33.0 Å². The lowest BCUT2D eigenvalue weighted by Crippen LogP contribution is -1.87. The Morgan fingerprint density at radius 1 is 0.826 bits per heavy atom. The van der Waals surface area contributed by atoms with Crippen molar-refractivity contribution in [1.82, 2.24) is 19.9 Å². The molecule has 23 heavy (non-hydrogen) atoms. The van der Waals surface area contributed by atoms with E-state index in [1.165, 1.54) is 6.33 Å². The maximum Gasteiger partial charge on any atom is 0.229 e. The van der Waals surface area contributed by atoms with Gasteiger partial charge in [0, 0.05) is 11.6 Å². The summed E-state index contributed by atoms with van der Waals surface area (Å²) in [6, 6.07) is 14.1. The fourth-order valence-corrected chi connectivity index (χ4v) is 2.76. The Morgan fingerprint density at radius 2 is 1.74 bits per heavy atom. The molecule has 0 unspecified atom stereocenters. The monoisotopic (exact) mass is 298 g/mol. The van der Waals surface area contributed by atoms with E-state index in [2.05, 4.69) is 26.0 Å². The number of fused-ring (bicyclic) bond motifs is 4. The largest absolute Gasteiger partial charge is 0.434 e. The summed E-state index contributed by atoms with van der Waals surface area (Å²) in [5, 5.41) is 3.12. The van der Waals surface area contributed by atoms with Crippen LogP contribution in [0.2, 0.25) is 0 Å². The van der Waals surface area contributed by atoms with E-state index in [9.17, 15) is 0 Å². The Morgan fingerprint density at radius 3 is 2.70 bits per heavy atom. The number of aromatic nitrogens is 4. The SMILES string of the molecule is c1ccc2cc(-c3ccc4c(n3)oc3cncnc34)ncc2c1. The van der Waals surface area contributed by atoms with Crippen LogP contribution in [0.15, 0.2) is 65.6 Å². The third-order valence-corrected chi connectivity index (χ3v) is 3.89. The summed E-state index contributed by atoms with van der Waals surface area (Å²) in [6.07, 6.45) is 5.02. The Kier molecular flexibility index (Phi) is 2.43. The standard InChI is InChI=1S/C18H10N4O/c1-2-4-12-8-20-15(7-11(12)3-1)14-6-5-13-17-16(9-19-10-21-17)23-18(13)22-14/h1-10H. The number of hydrogen-bond acceptors (Lipinski definition) is 5. The van der Waals surface area contributed by atoms with Gasteiger partial charge in [-0.15, -0.1) is 0 Å². The molecule has 5 rings (SSSR count). The van der Waals surface area contributed by atoms with Gasteiger partial charge in [0.2, 0.25) is 5.71 Å².